The van der Waals surface area contributed by atoms with Crippen LogP contribution in [-0.2, 0) is 17.9 Å². The highest BCUT2D eigenvalue weighted by molar-refractivity contribution is 6.06. The molecule has 0 radical (unpaired) electrons. The number of carbonyl (C=O) groups excluding carboxylic acids is 2. The Bertz CT molecular complexity index is 1050. The predicted molar refractivity (Wildman–Crippen MR) is 119 cm³/mol. The fourth-order valence-corrected chi connectivity index (χ4v) is 3.16. The summed E-state index contributed by atoms with van der Waals surface area (Å²) in [4.78, 5) is 38.4. The largest absolute Gasteiger partial charge is 0.478 e. The van der Waals surface area contributed by atoms with Gasteiger partial charge in [-0.25, -0.2) is 4.79 Å². The zero-order chi connectivity index (χ0) is 22.2. The quantitative estimate of drug-likeness (QED) is 0.537. The van der Waals surface area contributed by atoms with Gasteiger partial charge in [0, 0.05) is 18.8 Å². The van der Waals surface area contributed by atoms with Gasteiger partial charge in [0.15, 0.2) is 0 Å². The molecule has 2 N–H and O–H groups in total. The summed E-state index contributed by atoms with van der Waals surface area (Å²) in [6, 6.07) is 23.2. The number of carbonyl (C=O) groups is 3. The minimum atomic E-state index is -1.25. The van der Waals surface area contributed by atoms with E-state index in [4.69, 9.17) is 0 Å². The van der Waals surface area contributed by atoms with Crippen molar-refractivity contribution >= 4 is 23.5 Å². The Kier molecular flexibility index (Phi) is 6.96. The van der Waals surface area contributed by atoms with Gasteiger partial charge in [0.25, 0.3) is 5.91 Å². The first-order valence-electron chi connectivity index (χ1n) is 9.66. The Morgan fingerprint density at radius 1 is 0.839 bits per heavy atom. The molecule has 6 nitrogen and oxygen atoms in total. The van der Waals surface area contributed by atoms with E-state index in [1.807, 2.05) is 60.7 Å². The third kappa shape index (κ3) is 5.67. The highest BCUT2D eigenvalue weighted by Gasteiger charge is 2.23. The van der Waals surface area contributed by atoms with Crippen molar-refractivity contribution in [1.29, 1.82) is 0 Å². The van der Waals surface area contributed by atoms with Crippen molar-refractivity contribution in [2.75, 3.05) is 5.32 Å². The zero-order valence-corrected chi connectivity index (χ0v) is 16.8. The number of nitrogens with zero attached hydrogens (tertiary/aromatic N) is 1. The average Bonchev–Trinajstić information content (AvgIpc) is 2.79. The SMILES string of the molecule is C=CC(=O)Nc1ccc(C(=O)N(Cc2ccccc2)Cc2ccccc2)c(C(=O)O)c1. The summed E-state index contributed by atoms with van der Waals surface area (Å²) in [5.41, 5.74) is 2.00. The molecule has 0 saturated carbocycles. The summed E-state index contributed by atoms with van der Waals surface area (Å²) in [6.07, 6.45) is 1.08. The molecule has 0 fully saturated rings. The molecule has 0 aliphatic carbocycles. The molecular weight excluding hydrogens is 392 g/mol. The minimum Gasteiger partial charge on any atom is -0.478 e. The molecule has 0 unspecified atom stereocenters. The highest BCUT2D eigenvalue weighted by atomic mass is 16.4. The lowest BCUT2D eigenvalue weighted by Gasteiger charge is -2.24. The van der Waals surface area contributed by atoms with Crippen LogP contribution in [-0.4, -0.2) is 27.8 Å². The number of hydrogen-bond acceptors (Lipinski definition) is 3. The fraction of sp³-hybridized carbons (Fsp3) is 0.0800. The third-order valence-electron chi connectivity index (χ3n) is 4.65. The van der Waals surface area contributed by atoms with E-state index in [1.165, 1.54) is 18.2 Å². The molecule has 3 aromatic carbocycles. The topological polar surface area (TPSA) is 86.7 Å². The van der Waals surface area contributed by atoms with Crippen molar-refractivity contribution in [3.8, 4) is 0 Å². The van der Waals surface area contributed by atoms with Crippen LogP contribution in [0.1, 0.15) is 31.8 Å². The fourth-order valence-electron chi connectivity index (χ4n) is 3.16. The van der Waals surface area contributed by atoms with E-state index in [1.54, 1.807) is 4.90 Å². The second-order valence-electron chi connectivity index (χ2n) is 6.89. The molecule has 0 aliphatic heterocycles. The second-order valence-corrected chi connectivity index (χ2v) is 6.89. The molecule has 0 aromatic heterocycles. The molecule has 3 rings (SSSR count). The van der Waals surface area contributed by atoms with Crippen LogP contribution < -0.4 is 5.32 Å². The van der Waals surface area contributed by atoms with E-state index in [9.17, 15) is 19.5 Å². The maximum absolute atomic E-state index is 13.4. The summed E-state index contributed by atoms with van der Waals surface area (Å²) in [7, 11) is 0. The zero-order valence-electron chi connectivity index (χ0n) is 16.8. The maximum atomic E-state index is 13.4. The number of benzene rings is 3. The summed E-state index contributed by atoms with van der Waals surface area (Å²) in [5, 5.41) is 12.2. The number of carboxylic acids is 1. The summed E-state index contributed by atoms with van der Waals surface area (Å²) < 4.78 is 0. The van der Waals surface area contributed by atoms with Crippen LogP contribution >= 0.6 is 0 Å². The first kappa shape index (κ1) is 21.5. The van der Waals surface area contributed by atoms with Gasteiger partial charge in [-0.05, 0) is 35.4 Å². The molecule has 2 amide bonds. The van der Waals surface area contributed by atoms with E-state index < -0.39 is 17.8 Å². The number of nitrogens with one attached hydrogen (secondary N) is 1. The number of amides is 2. The Labute approximate surface area is 180 Å². The van der Waals surface area contributed by atoms with Crippen molar-refractivity contribution < 1.29 is 19.5 Å². The van der Waals surface area contributed by atoms with Crippen LogP contribution in [0.5, 0.6) is 0 Å². The molecule has 0 heterocycles. The molecule has 0 spiro atoms. The maximum Gasteiger partial charge on any atom is 0.336 e. The molecule has 0 atom stereocenters. The lowest BCUT2D eigenvalue weighted by molar-refractivity contribution is -0.111. The van der Waals surface area contributed by atoms with Crippen LogP contribution in [0.15, 0.2) is 91.5 Å². The second kappa shape index (κ2) is 10.0. The van der Waals surface area contributed by atoms with Crippen LogP contribution in [0, 0.1) is 0 Å². The monoisotopic (exact) mass is 414 g/mol. The molecule has 31 heavy (non-hydrogen) atoms. The number of rotatable bonds is 8. The molecule has 3 aromatic rings. The lowest BCUT2D eigenvalue weighted by atomic mass is 10.0. The molecule has 0 aliphatic rings. The van der Waals surface area contributed by atoms with E-state index in [0.717, 1.165) is 17.2 Å². The summed E-state index contributed by atoms with van der Waals surface area (Å²) >= 11 is 0. The summed E-state index contributed by atoms with van der Waals surface area (Å²) in [6.45, 7) is 4.02. The normalized spacial score (nSPS) is 10.2. The predicted octanol–water partition coefficient (Wildman–Crippen LogP) is 4.35. The van der Waals surface area contributed by atoms with E-state index in [-0.39, 0.29) is 16.8 Å². The van der Waals surface area contributed by atoms with Crippen molar-refractivity contribution in [3.63, 3.8) is 0 Å². The third-order valence-corrected chi connectivity index (χ3v) is 4.65. The van der Waals surface area contributed by atoms with Gasteiger partial charge < -0.3 is 15.3 Å². The first-order valence-corrected chi connectivity index (χ1v) is 9.66. The van der Waals surface area contributed by atoms with Gasteiger partial charge >= 0.3 is 5.97 Å². The van der Waals surface area contributed by atoms with Gasteiger partial charge in [-0.15, -0.1) is 0 Å². The van der Waals surface area contributed by atoms with Crippen molar-refractivity contribution in [3.05, 3.63) is 114 Å². The molecule has 0 saturated heterocycles. The lowest BCUT2D eigenvalue weighted by Crippen LogP contribution is -2.31. The van der Waals surface area contributed by atoms with Gasteiger partial charge in [-0.3, -0.25) is 9.59 Å². The van der Waals surface area contributed by atoms with E-state index in [0.29, 0.717) is 13.1 Å². The Hall–Kier alpha value is -4.19. The van der Waals surface area contributed by atoms with Crippen molar-refractivity contribution in [1.82, 2.24) is 4.90 Å². The molecule has 6 heteroatoms. The highest BCUT2D eigenvalue weighted by Crippen LogP contribution is 2.21. The first-order chi connectivity index (χ1) is 15.0. The number of hydrogen-bond donors (Lipinski definition) is 2. The van der Waals surface area contributed by atoms with Crippen molar-refractivity contribution in [2.24, 2.45) is 0 Å². The molecular formula is C25H22N2O4. The van der Waals surface area contributed by atoms with E-state index in [2.05, 4.69) is 11.9 Å². The van der Waals surface area contributed by atoms with Crippen LogP contribution in [0.4, 0.5) is 5.69 Å². The molecule has 0 bridgehead atoms. The Morgan fingerprint density at radius 2 is 1.39 bits per heavy atom. The Morgan fingerprint density at radius 3 is 1.87 bits per heavy atom. The average molecular weight is 414 g/mol. The van der Waals surface area contributed by atoms with Gasteiger partial charge in [-0.2, -0.15) is 0 Å². The smallest absolute Gasteiger partial charge is 0.336 e. The van der Waals surface area contributed by atoms with Crippen LogP contribution in [0.25, 0.3) is 0 Å². The van der Waals surface area contributed by atoms with Crippen molar-refractivity contribution in [2.45, 2.75) is 13.1 Å². The summed E-state index contributed by atoms with van der Waals surface area (Å²) in [5.74, 6) is -2.13. The van der Waals surface area contributed by atoms with Gasteiger partial charge in [0.05, 0.1) is 11.1 Å². The van der Waals surface area contributed by atoms with Gasteiger partial charge in [0.2, 0.25) is 5.91 Å². The minimum absolute atomic E-state index is 0.0518. The van der Waals surface area contributed by atoms with E-state index >= 15 is 0 Å². The van der Waals surface area contributed by atoms with Crippen LogP contribution in [0.3, 0.4) is 0 Å². The Balaban J connectivity index is 1.96. The standard InChI is InChI=1S/C25H22N2O4/c1-2-23(28)26-20-13-14-21(22(15-20)25(30)31)24(29)27(16-18-9-5-3-6-10-18)17-19-11-7-4-8-12-19/h2-15H,1,16-17H2,(H,26,28)(H,30,31). The number of carboxylic acid groups (broad SMARTS) is 1. The molecule has 156 valence electrons. The van der Waals surface area contributed by atoms with Gasteiger partial charge in [-0.1, -0.05) is 67.2 Å². The number of aromatic carboxylic acids is 1. The van der Waals surface area contributed by atoms with Gasteiger partial charge in [0.1, 0.15) is 0 Å². The van der Waals surface area contributed by atoms with Crippen LogP contribution in [0.2, 0.25) is 0 Å². The number of anilines is 1.